The maximum atomic E-state index is 12.4. The number of hydrogen-bond acceptors (Lipinski definition) is 5. The summed E-state index contributed by atoms with van der Waals surface area (Å²) in [6.45, 7) is 7.51. The fraction of sp³-hybridized carbons (Fsp3) is 0.800. The van der Waals surface area contributed by atoms with Crippen LogP contribution in [0.15, 0.2) is 12.7 Å². The molecule has 0 saturated carbocycles. The minimum absolute atomic E-state index is 0.152. The number of carbonyl (C=O) groups is 1. The van der Waals surface area contributed by atoms with E-state index in [1.165, 1.54) is 6.42 Å². The molecule has 7 heteroatoms. The van der Waals surface area contributed by atoms with Crippen LogP contribution in [0, 0.1) is 5.92 Å². The Kier molecular flexibility index (Phi) is 5.04. The number of rotatable bonds is 4. The highest BCUT2D eigenvalue weighted by molar-refractivity contribution is 5.78. The highest BCUT2D eigenvalue weighted by Gasteiger charge is 2.26. The van der Waals surface area contributed by atoms with Crippen LogP contribution in [0.4, 0.5) is 0 Å². The second-order valence-corrected chi connectivity index (χ2v) is 6.38. The van der Waals surface area contributed by atoms with E-state index in [0.717, 1.165) is 39.1 Å². The Labute approximate surface area is 131 Å². The Morgan fingerprint density at radius 3 is 3.05 bits per heavy atom. The number of ether oxygens (including phenoxy) is 1. The third-order valence-electron chi connectivity index (χ3n) is 4.47. The quantitative estimate of drug-likeness (QED) is 0.797. The number of carbonyl (C=O) groups excluding carboxylic acids is 1. The highest BCUT2D eigenvalue weighted by Crippen LogP contribution is 2.18. The fourth-order valence-electron chi connectivity index (χ4n) is 3.37. The van der Waals surface area contributed by atoms with Gasteiger partial charge in [-0.1, -0.05) is 0 Å². The molecule has 2 fully saturated rings. The molecule has 0 radical (unpaired) electrons. The molecule has 0 aliphatic carbocycles. The Morgan fingerprint density at radius 1 is 1.36 bits per heavy atom. The molecule has 1 aromatic heterocycles. The zero-order chi connectivity index (χ0) is 15.4. The van der Waals surface area contributed by atoms with Crippen molar-refractivity contribution >= 4 is 5.91 Å². The molecule has 22 heavy (non-hydrogen) atoms. The standard InChI is InChI=1S/C15H25N5O2/c1-13-7-19(5-6-22-13)15(21)10-18-4-2-3-14(8-18)9-20-12-16-11-17-20/h11-14H,2-10H2,1H3/t13-,14-/m0/s1. The molecule has 0 N–H and O–H groups in total. The molecular weight excluding hydrogens is 282 g/mol. The van der Waals surface area contributed by atoms with Crippen LogP contribution in [-0.2, 0) is 16.1 Å². The third kappa shape index (κ3) is 4.04. The van der Waals surface area contributed by atoms with Crippen molar-refractivity contribution in [3.63, 3.8) is 0 Å². The number of piperidine rings is 1. The van der Waals surface area contributed by atoms with E-state index in [1.54, 1.807) is 12.7 Å². The number of aromatic nitrogens is 3. The molecule has 1 aromatic rings. The maximum Gasteiger partial charge on any atom is 0.236 e. The van der Waals surface area contributed by atoms with Crippen LogP contribution < -0.4 is 0 Å². The summed E-state index contributed by atoms with van der Waals surface area (Å²) in [5.74, 6) is 0.781. The first-order chi connectivity index (χ1) is 10.7. The third-order valence-corrected chi connectivity index (χ3v) is 4.47. The van der Waals surface area contributed by atoms with Gasteiger partial charge < -0.3 is 9.64 Å². The maximum absolute atomic E-state index is 12.4. The van der Waals surface area contributed by atoms with E-state index in [-0.39, 0.29) is 12.0 Å². The first-order valence-corrected chi connectivity index (χ1v) is 8.15. The number of likely N-dealkylation sites (tertiary alicyclic amines) is 1. The van der Waals surface area contributed by atoms with Crippen LogP contribution >= 0.6 is 0 Å². The molecule has 2 atom stereocenters. The number of amides is 1. The van der Waals surface area contributed by atoms with Crippen molar-refractivity contribution in [2.75, 3.05) is 39.3 Å². The van der Waals surface area contributed by atoms with E-state index in [9.17, 15) is 4.79 Å². The van der Waals surface area contributed by atoms with Gasteiger partial charge >= 0.3 is 0 Å². The second kappa shape index (κ2) is 7.19. The molecule has 3 heterocycles. The minimum atomic E-state index is 0.152. The van der Waals surface area contributed by atoms with Gasteiger partial charge in [0.15, 0.2) is 0 Å². The van der Waals surface area contributed by atoms with Crippen molar-refractivity contribution in [2.45, 2.75) is 32.4 Å². The van der Waals surface area contributed by atoms with E-state index in [2.05, 4.69) is 15.0 Å². The molecule has 0 aromatic carbocycles. The molecule has 2 aliphatic heterocycles. The van der Waals surface area contributed by atoms with Gasteiger partial charge in [0, 0.05) is 26.2 Å². The number of morpholine rings is 1. The van der Waals surface area contributed by atoms with Crippen molar-refractivity contribution in [3.05, 3.63) is 12.7 Å². The van der Waals surface area contributed by atoms with E-state index < -0.39 is 0 Å². The highest BCUT2D eigenvalue weighted by atomic mass is 16.5. The smallest absolute Gasteiger partial charge is 0.236 e. The first kappa shape index (κ1) is 15.4. The molecule has 122 valence electrons. The summed E-state index contributed by atoms with van der Waals surface area (Å²) in [6.07, 6.45) is 5.83. The molecule has 3 rings (SSSR count). The Bertz CT molecular complexity index is 478. The zero-order valence-corrected chi connectivity index (χ0v) is 13.2. The molecule has 0 bridgehead atoms. The van der Waals surface area contributed by atoms with Crippen molar-refractivity contribution in [1.29, 1.82) is 0 Å². The largest absolute Gasteiger partial charge is 0.375 e. The summed E-state index contributed by atoms with van der Waals surface area (Å²) in [7, 11) is 0. The van der Waals surface area contributed by atoms with E-state index in [1.807, 2.05) is 16.5 Å². The van der Waals surface area contributed by atoms with Gasteiger partial charge in [0.1, 0.15) is 12.7 Å². The lowest BCUT2D eigenvalue weighted by molar-refractivity contribution is -0.139. The lowest BCUT2D eigenvalue weighted by atomic mass is 9.98. The van der Waals surface area contributed by atoms with Crippen molar-refractivity contribution in [1.82, 2.24) is 24.6 Å². The topological polar surface area (TPSA) is 63.5 Å². The molecule has 1 amide bonds. The molecule has 0 spiro atoms. The van der Waals surface area contributed by atoms with Crippen LogP contribution in [0.3, 0.4) is 0 Å². The van der Waals surface area contributed by atoms with E-state index in [0.29, 0.717) is 19.1 Å². The summed E-state index contributed by atoms with van der Waals surface area (Å²) in [5, 5.41) is 4.18. The van der Waals surface area contributed by atoms with Gasteiger partial charge in [0.2, 0.25) is 5.91 Å². The van der Waals surface area contributed by atoms with Crippen LogP contribution in [0.1, 0.15) is 19.8 Å². The normalized spacial score (nSPS) is 27.0. The summed E-state index contributed by atoms with van der Waals surface area (Å²) < 4.78 is 7.39. The van der Waals surface area contributed by atoms with Crippen LogP contribution in [0.25, 0.3) is 0 Å². The summed E-state index contributed by atoms with van der Waals surface area (Å²) in [6, 6.07) is 0. The predicted octanol–water partition coefficient (Wildman–Crippen LogP) is 0.237. The van der Waals surface area contributed by atoms with Gasteiger partial charge in [0.25, 0.3) is 0 Å². The number of nitrogens with zero attached hydrogens (tertiary/aromatic N) is 5. The Hall–Kier alpha value is -1.47. The predicted molar refractivity (Wildman–Crippen MR) is 81.2 cm³/mol. The van der Waals surface area contributed by atoms with Crippen LogP contribution in [0.2, 0.25) is 0 Å². The molecule has 0 unspecified atom stereocenters. The van der Waals surface area contributed by atoms with Gasteiger partial charge in [-0.25, -0.2) is 4.98 Å². The van der Waals surface area contributed by atoms with Gasteiger partial charge in [-0.15, -0.1) is 0 Å². The summed E-state index contributed by atoms with van der Waals surface area (Å²) in [4.78, 5) is 20.7. The van der Waals surface area contributed by atoms with E-state index >= 15 is 0 Å². The second-order valence-electron chi connectivity index (χ2n) is 6.38. The molecular formula is C15H25N5O2. The summed E-state index contributed by atoms with van der Waals surface area (Å²) >= 11 is 0. The zero-order valence-electron chi connectivity index (χ0n) is 13.2. The van der Waals surface area contributed by atoms with Crippen LogP contribution in [0.5, 0.6) is 0 Å². The minimum Gasteiger partial charge on any atom is -0.375 e. The SMILES string of the molecule is C[C@H]1CN(C(=O)CN2CCC[C@H](Cn3cncn3)C2)CCO1. The van der Waals surface area contributed by atoms with Crippen molar-refractivity contribution in [3.8, 4) is 0 Å². The van der Waals surface area contributed by atoms with Crippen molar-refractivity contribution in [2.24, 2.45) is 5.92 Å². The average Bonchev–Trinajstić information content (AvgIpc) is 3.00. The Morgan fingerprint density at radius 2 is 2.27 bits per heavy atom. The summed E-state index contributed by atoms with van der Waals surface area (Å²) in [5.41, 5.74) is 0. The average molecular weight is 307 g/mol. The lowest BCUT2D eigenvalue weighted by Gasteiger charge is -2.36. The van der Waals surface area contributed by atoms with Crippen LogP contribution in [-0.4, -0.2) is 75.9 Å². The molecule has 2 saturated heterocycles. The fourth-order valence-corrected chi connectivity index (χ4v) is 3.37. The lowest BCUT2D eigenvalue weighted by Crippen LogP contribution is -2.49. The van der Waals surface area contributed by atoms with E-state index in [4.69, 9.17) is 4.74 Å². The Balaban J connectivity index is 1.48. The molecule has 7 nitrogen and oxygen atoms in total. The molecule has 2 aliphatic rings. The first-order valence-electron chi connectivity index (χ1n) is 8.15. The van der Waals surface area contributed by atoms with Gasteiger partial charge in [0.05, 0.1) is 19.3 Å². The number of hydrogen-bond donors (Lipinski definition) is 0. The van der Waals surface area contributed by atoms with Gasteiger partial charge in [-0.3, -0.25) is 14.4 Å². The van der Waals surface area contributed by atoms with Gasteiger partial charge in [-0.2, -0.15) is 5.10 Å². The van der Waals surface area contributed by atoms with Crippen molar-refractivity contribution < 1.29 is 9.53 Å². The van der Waals surface area contributed by atoms with Gasteiger partial charge in [-0.05, 0) is 32.2 Å². The monoisotopic (exact) mass is 307 g/mol.